The van der Waals surface area contributed by atoms with Crippen molar-refractivity contribution in [2.24, 2.45) is 0 Å². The molecule has 4 aromatic heterocycles. The first-order chi connectivity index (χ1) is 16.5. The molecule has 2 N–H and O–H groups in total. The number of aromatic nitrogens is 5. The highest BCUT2D eigenvalue weighted by atomic mass is 19.1. The van der Waals surface area contributed by atoms with Gasteiger partial charge in [-0.2, -0.15) is 9.61 Å². The second-order valence-electron chi connectivity index (χ2n) is 9.24. The van der Waals surface area contributed by atoms with Crippen molar-refractivity contribution >= 4 is 22.4 Å². The van der Waals surface area contributed by atoms with Gasteiger partial charge in [-0.25, -0.2) is 13.8 Å². The average molecular weight is 459 g/mol. The van der Waals surface area contributed by atoms with E-state index in [-0.39, 0.29) is 17.8 Å². The van der Waals surface area contributed by atoms with Crippen LogP contribution in [-0.2, 0) is 12.8 Å². The molecule has 172 valence electrons. The van der Waals surface area contributed by atoms with E-state index in [9.17, 15) is 8.78 Å². The second kappa shape index (κ2) is 7.90. The summed E-state index contributed by atoms with van der Waals surface area (Å²) in [5, 5.41) is 9.19. The third-order valence-corrected chi connectivity index (χ3v) is 6.65. The van der Waals surface area contributed by atoms with Gasteiger partial charge in [0.1, 0.15) is 17.5 Å². The van der Waals surface area contributed by atoms with Crippen LogP contribution in [0.15, 0.2) is 48.9 Å². The van der Waals surface area contributed by atoms with Crippen molar-refractivity contribution in [3.8, 4) is 11.3 Å². The van der Waals surface area contributed by atoms with Gasteiger partial charge in [0, 0.05) is 40.5 Å². The molecule has 0 fully saturated rings. The fraction of sp³-hybridized carbons (Fsp3) is 0.269. The number of nitrogens with one attached hydrogen (secondary N) is 2. The lowest BCUT2D eigenvalue weighted by Crippen LogP contribution is -2.28. The number of benzene rings is 1. The Morgan fingerprint density at radius 2 is 2.03 bits per heavy atom. The van der Waals surface area contributed by atoms with Crippen molar-refractivity contribution in [1.82, 2.24) is 24.6 Å². The van der Waals surface area contributed by atoms with E-state index in [4.69, 9.17) is 4.98 Å². The predicted molar refractivity (Wildman–Crippen MR) is 128 cm³/mol. The highest BCUT2D eigenvalue weighted by molar-refractivity contribution is 5.85. The molecule has 1 aliphatic carbocycles. The molecule has 6 rings (SSSR count). The molecule has 1 atom stereocenters. The number of aromatic amines is 1. The van der Waals surface area contributed by atoms with Gasteiger partial charge >= 0.3 is 0 Å². The maximum Gasteiger partial charge on any atom is 0.161 e. The Kier molecular flexibility index (Phi) is 4.83. The molecule has 6 nitrogen and oxygen atoms in total. The molecule has 0 amide bonds. The molecule has 0 bridgehead atoms. The monoisotopic (exact) mass is 458 g/mol. The van der Waals surface area contributed by atoms with Crippen molar-refractivity contribution in [2.45, 2.75) is 45.1 Å². The van der Waals surface area contributed by atoms with E-state index in [1.54, 1.807) is 12.3 Å². The number of halogens is 2. The number of nitrogens with zero attached hydrogens (tertiary/aromatic N) is 4. The summed E-state index contributed by atoms with van der Waals surface area (Å²) in [6.07, 6.45) is 7.12. The molecule has 1 aliphatic rings. The number of hydrogen-bond donors (Lipinski definition) is 2. The summed E-state index contributed by atoms with van der Waals surface area (Å²) in [7, 11) is 0. The number of rotatable bonds is 4. The number of hydrogen-bond acceptors (Lipinski definition) is 4. The maximum atomic E-state index is 14.3. The first-order valence-corrected chi connectivity index (χ1v) is 11.5. The second-order valence-corrected chi connectivity index (χ2v) is 9.24. The number of aryl methyl sites for hydroxylation is 1. The highest BCUT2D eigenvalue weighted by Crippen LogP contribution is 2.33. The summed E-state index contributed by atoms with van der Waals surface area (Å²) in [5.74, 6) is 0.392. The minimum atomic E-state index is -0.405. The maximum absolute atomic E-state index is 14.3. The Hall–Kier alpha value is -3.81. The molecule has 0 radical (unpaired) electrons. The Morgan fingerprint density at radius 1 is 1.15 bits per heavy atom. The van der Waals surface area contributed by atoms with Crippen LogP contribution >= 0.6 is 0 Å². The van der Waals surface area contributed by atoms with E-state index in [1.165, 1.54) is 18.3 Å². The average Bonchev–Trinajstić information content (AvgIpc) is 3.42. The molecule has 0 spiro atoms. The van der Waals surface area contributed by atoms with Crippen LogP contribution < -0.4 is 5.32 Å². The van der Waals surface area contributed by atoms with Crippen molar-refractivity contribution < 1.29 is 8.78 Å². The van der Waals surface area contributed by atoms with Crippen LogP contribution in [0.2, 0.25) is 0 Å². The zero-order valence-corrected chi connectivity index (χ0v) is 18.9. The zero-order valence-electron chi connectivity index (χ0n) is 18.9. The lowest BCUT2D eigenvalue weighted by Gasteiger charge is -2.25. The van der Waals surface area contributed by atoms with Crippen molar-refractivity contribution in [3.63, 3.8) is 0 Å². The van der Waals surface area contributed by atoms with E-state index in [0.29, 0.717) is 16.8 Å². The number of fused-ring (bicyclic) bond motifs is 4. The topological polar surface area (TPSA) is 70.9 Å². The predicted octanol–water partition coefficient (Wildman–Crippen LogP) is 5.64. The van der Waals surface area contributed by atoms with Crippen LogP contribution in [0, 0.1) is 11.6 Å². The quantitative estimate of drug-likeness (QED) is 0.365. The van der Waals surface area contributed by atoms with E-state index >= 15 is 0 Å². The largest absolute Gasteiger partial charge is 0.367 e. The Morgan fingerprint density at radius 3 is 2.85 bits per heavy atom. The van der Waals surface area contributed by atoms with Gasteiger partial charge in [0.2, 0.25) is 0 Å². The minimum Gasteiger partial charge on any atom is -0.367 e. The van der Waals surface area contributed by atoms with Gasteiger partial charge in [-0.1, -0.05) is 26.0 Å². The fourth-order valence-electron chi connectivity index (χ4n) is 4.93. The molecule has 8 heteroatoms. The minimum absolute atomic E-state index is 0.130. The van der Waals surface area contributed by atoms with Crippen LogP contribution in [-0.4, -0.2) is 30.6 Å². The van der Waals surface area contributed by atoms with Gasteiger partial charge in [-0.3, -0.25) is 4.98 Å². The van der Waals surface area contributed by atoms with Crippen LogP contribution in [0.1, 0.15) is 43.0 Å². The molecule has 34 heavy (non-hydrogen) atoms. The highest BCUT2D eigenvalue weighted by Gasteiger charge is 2.25. The number of para-hydroxylation sites is 1. The normalized spacial score (nSPS) is 15.9. The molecular formula is C26H24F2N6. The summed E-state index contributed by atoms with van der Waals surface area (Å²) < 4.78 is 30.0. The van der Waals surface area contributed by atoms with Crippen LogP contribution in [0.3, 0.4) is 0 Å². The molecule has 5 aromatic rings. The standard InChI is InChI=1S/C26H24F2N6/c1-14(2)20-13-30-34-24(10-23(33-26(20)34)15-8-16(27)12-29-11-15)31-17-6-7-22-19(9-17)18-4-3-5-21(28)25(18)32-22/h3-5,8,10-14,17,31-32H,6-7,9H2,1-2H3. The Balaban J connectivity index is 1.41. The first kappa shape index (κ1) is 20.8. The van der Waals surface area contributed by atoms with E-state index in [1.807, 2.05) is 22.8 Å². The fourth-order valence-corrected chi connectivity index (χ4v) is 4.93. The molecule has 1 aromatic carbocycles. The lowest BCUT2D eigenvalue weighted by atomic mass is 9.91. The van der Waals surface area contributed by atoms with Crippen LogP contribution in [0.25, 0.3) is 27.8 Å². The number of H-pyrrole nitrogens is 1. The molecule has 0 aliphatic heterocycles. The summed E-state index contributed by atoms with van der Waals surface area (Å²) in [5.41, 5.74) is 5.84. The SMILES string of the molecule is CC(C)c1cnn2c(NC3CCc4[nH]c5c(F)cccc5c4C3)cc(-c3cncc(F)c3)nc12. The van der Waals surface area contributed by atoms with Crippen molar-refractivity contribution in [1.29, 1.82) is 0 Å². The van der Waals surface area contributed by atoms with Gasteiger partial charge in [0.05, 0.1) is 23.6 Å². The molecule has 0 saturated carbocycles. The van der Waals surface area contributed by atoms with E-state index < -0.39 is 5.82 Å². The Labute approximate surface area is 195 Å². The van der Waals surface area contributed by atoms with Crippen LogP contribution in [0.4, 0.5) is 14.6 Å². The van der Waals surface area contributed by atoms with Gasteiger partial charge in [-0.05, 0) is 42.9 Å². The summed E-state index contributed by atoms with van der Waals surface area (Å²) in [6, 6.07) is 8.68. The van der Waals surface area contributed by atoms with Crippen molar-refractivity contribution in [3.05, 3.63) is 77.4 Å². The summed E-state index contributed by atoms with van der Waals surface area (Å²) in [4.78, 5) is 12.1. The third-order valence-electron chi connectivity index (χ3n) is 6.65. The molecule has 0 saturated heterocycles. The Bertz CT molecular complexity index is 1530. The smallest absolute Gasteiger partial charge is 0.161 e. The first-order valence-electron chi connectivity index (χ1n) is 11.5. The molecule has 4 heterocycles. The number of pyridine rings is 1. The summed E-state index contributed by atoms with van der Waals surface area (Å²) >= 11 is 0. The summed E-state index contributed by atoms with van der Waals surface area (Å²) in [6.45, 7) is 4.20. The van der Waals surface area contributed by atoms with E-state index in [2.05, 4.69) is 34.2 Å². The van der Waals surface area contributed by atoms with Gasteiger partial charge < -0.3 is 10.3 Å². The van der Waals surface area contributed by atoms with Crippen molar-refractivity contribution in [2.75, 3.05) is 5.32 Å². The third kappa shape index (κ3) is 3.41. The zero-order chi connectivity index (χ0) is 23.4. The van der Waals surface area contributed by atoms with Crippen LogP contribution in [0.5, 0.6) is 0 Å². The number of anilines is 1. The lowest BCUT2D eigenvalue weighted by molar-refractivity contribution is 0.602. The van der Waals surface area contributed by atoms with E-state index in [0.717, 1.165) is 52.9 Å². The van der Waals surface area contributed by atoms with Gasteiger partial charge in [0.15, 0.2) is 5.65 Å². The molecular weight excluding hydrogens is 434 g/mol. The van der Waals surface area contributed by atoms with Gasteiger partial charge in [0.25, 0.3) is 0 Å². The molecule has 1 unspecified atom stereocenters. The van der Waals surface area contributed by atoms with Gasteiger partial charge in [-0.15, -0.1) is 0 Å².